The Bertz CT molecular complexity index is 478. The first-order chi connectivity index (χ1) is 21.7. The van der Waals surface area contributed by atoms with Crippen molar-refractivity contribution in [3.8, 4) is 0 Å². The number of hydrogen-bond donors (Lipinski definition) is 22. The monoisotopic (exact) mass is 730 g/mol. The van der Waals surface area contributed by atoms with Crippen molar-refractivity contribution in [2.75, 3.05) is 66.1 Å². The van der Waals surface area contributed by atoms with Crippen molar-refractivity contribution in [1.82, 2.24) is 0 Å². The highest BCUT2D eigenvalue weighted by molar-refractivity contribution is 7.80. The second-order valence-corrected chi connectivity index (χ2v) is 9.83. The molecule has 0 aliphatic carbocycles. The maximum absolute atomic E-state index is 9.76. The van der Waals surface area contributed by atoms with Gasteiger partial charge in [0.05, 0.1) is 72.5 Å². The second-order valence-electron chi connectivity index (χ2n) is 8.95. The normalized spacial score (nSPS) is 17.3. The van der Waals surface area contributed by atoms with Crippen molar-refractivity contribution in [1.29, 1.82) is 0 Å². The van der Waals surface area contributed by atoms with Crippen LogP contribution in [0.2, 0.25) is 0 Å². The first-order valence-electron chi connectivity index (χ1n) is 13.5. The third-order valence-corrected chi connectivity index (χ3v) is 4.74. The van der Waals surface area contributed by atoms with Crippen molar-refractivity contribution in [3.05, 3.63) is 0 Å². The van der Waals surface area contributed by atoms with E-state index in [9.17, 15) is 4.79 Å². The van der Waals surface area contributed by atoms with Gasteiger partial charge in [-0.2, -0.15) is 12.6 Å². The minimum atomic E-state index is -1.22. The molecule has 0 bridgehead atoms. The number of aliphatic hydroxyl groups is 20. The average Bonchev–Trinajstić information content (AvgIpc) is 3.08. The van der Waals surface area contributed by atoms with E-state index in [4.69, 9.17) is 107 Å². The van der Waals surface area contributed by atoms with E-state index >= 15 is 0 Å². The average molecular weight is 731 g/mol. The largest absolute Gasteiger partial charge is 0.481 e. The molecular formula is C24H58O22S. The molecule has 0 aliphatic rings. The molecule has 0 aromatic heterocycles. The van der Waals surface area contributed by atoms with Gasteiger partial charge in [-0.05, 0) is 0 Å². The third kappa shape index (κ3) is 45.0. The highest BCUT2D eigenvalue weighted by Crippen LogP contribution is 1.97. The summed E-state index contributed by atoms with van der Waals surface area (Å²) in [4.78, 5) is 9.76. The molecule has 0 spiro atoms. The van der Waals surface area contributed by atoms with Crippen molar-refractivity contribution in [2.45, 2.75) is 79.6 Å². The lowest BCUT2D eigenvalue weighted by Gasteiger charge is -2.10. The van der Waals surface area contributed by atoms with Crippen molar-refractivity contribution >= 4 is 18.6 Å². The lowest BCUT2D eigenvalue weighted by atomic mass is 10.2. The molecule has 0 amide bonds. The van der Waals surface area contributed by atoms with Crippen LogP contribution in [-0.4, -0.2) is 246 Å². The maximum Gasteiger partial charge on any atom is 0.304 e. The molecule has 11 atom stereocenters. The molecule has 0 radical (unpaired) electrons. The predicted molar refractivity (Wildman–Crippen MR) is 162 cm³/mol. The van der Waals surface area contributed by atoms with Crippen LogP contribution in [0, 0.1) is 0 Å². The summed E-state index contributed by atoms with van der Waals surface area (Å²) in [7, 11) is 0. The van der Waals surface area contributed by atoms with Gasteiger partial charge in [0.25, 0.3) is 0 Å². The second kappa shape index (κ2) is 41.2. The minimum absolute atomic E-state index is 0.0301. The molecule has 23 heteroatoms. The molecule has 0 saturated carbocycles. The molecule has 0 rings (SSSR count). The van der Waals surface area contributed by atoms with E-state index in [2.05, 4.69) is 12.6 Å². The summed E-state index contributed by atoms with van der Waals surface area (Å²) in [6, 6.07) is 0. The van der Waals surface area contributed by atoms with E-state index in [1.165, 1.54) is 0 Å². The summed E-state index contributed by atoms with van der Waals surface area (Å²) in [6.45, 7) is -3.51. The SMILES string of the molecule is CC(S)CC(=O)O.OC[C@@H](O)[C@@H](O)CO.OC[C@@H](O)[C@@H](O)CO.OC[C@@H](O)[C@@H](O)CO.OC[C@@H](O)[C@@H](O)CO.OC[C@@H](O)[C@@H](O)CO. The van der Waals surface area contributed by atoms with Gasteiger partial charge in [0.1, 0.15) is 61.0 Å². The van der Waals surface area contributed by atoms with E-state index < -0.39 is 133 Å². The van der Waals surface area contributed by atoms with Gasteiger partial charge in [-0.3, -0.25) is 4.79 Å². The Labute approximate surface area is 276 Å². The molecule has 0 aliphatic heterocycles. The number of carbonyl (C=O) groups is 1. The summed E-state index contributed by atoms with van der Waals surface area (Å²) in [6.07, 6.45) is -12.1. The molecule has 292 valence electrons. The Morgan fingerprint density at radius 2 is 0.489 bits per heavy atom. The molecule has 0 heterocycles. The summed E-state index contributed by atoms with van der Waals surface area (Å²) in [5.41, 5.74) is 0. The van der Waals surface area contributed by atoms with Crippen LogP contribution >= 0.6 is 12.6 Å². The van der Waals surface area contributed by atoms with Gasteiger partial charge in [0.2, 0.25) is 0 Å². The van der Waals surface area contributed by atoms with E-state index in [0.717, 1.165) is 0 Å². The van der Waals surface area contributed by atoms with Gasteiger partial charge in [-0.1, -0.05) is 6.92 Å². The van der Waals surface area contributed by atoms with E-state index in [-0.39, 0.29) is 11.7 Å². The van der Waals surface area contributed by atoms with Gasteiger partial charge in [-0.25, -0.2) is 0 Å². The maximum atomic E-state index is 9.76. The highest BCUT2D eigenvalue weighted by Gasteiger charge is 2.14. The van der Waals surface area contributed by atoms with E-state index in [1.807, 2.05) is 0 Å². The Morgan fingerprint density at radius 3 is 0.511 bits per heavy atom. The third-order valence-electron chi connectivity index (χ3n) is 4.56. The molecule has 1 unspecified atom stereocenters. The summed E-state index contributed by atoms with van der Waals surface area (Å²) >= 11 is 3.86. The molecule has 21 N–H and O–H groups in total. The van der Waals surface area contributed by atoms with Crippen LogP contribution in [0.5, 0.6) is 0 Å². The zero-order valence-corrected chi connectivity index (χ0v) is 26.8. The quantitative estimate of drug-likeness (QED) is 0.0617. The van der Waals surface area contributed by atoms with Crippen molar-refractivity contribution in [2.24, 2.45) is 0 Å². The number of hydrogen-bond acceptors (Lipinski definition) is 22. The minimum Gasteiger partial charge on any atom is -0.481 e. The molecule has 22 nitrogen and oxygen atoms in total. The molecule has 0 fully saturated rings. The van der Waals surface area contributed by atoms with Crippen LogP contribution in [0.15, 0.2) is 0 Å². The number of thiol groups is 1. The lowest BCUT2D eigenvalue weighted by Crippen LogP contribution is -2.31. The first kappa shape index (κ1) is 58.2. The Hall–Kier alpha value is -0.980. The number of aliphatic hydroxyl groups excluding tert-OH is 20. The van der Waals surface area contributed by atoms with Gasteiger partial charge in [0, 0.05) is 5.25 Å². The number of carboxylic acids is 1. The molecule has 0 aromatic carbocycles. The molecule has 47 heavy (non-hydrogen) atoms. The van der Waals surface area contributed by atoms with Gasteiger partial charge in [0.15, 0.2) is 0 Å². The van der Waals surface area contributed by atoms with Crippen LogP contribution in [0.25, 0.3) is 0 Å². The summed E-state index contributed by atoms with van der Waals surface area (Å²) < 4.78 is 0. The standard InChI is InChI=1S/5C4H10O4.C4H8O2S/c5*5-1-3(7)4(8)2-6;1-3(7)2-4(5)6/h5*3-8H,1-2H2;3,7H,2H2,1H3,(H,5,6)/t5*3-,4+;. The Kier molecular flexibility index (Phi) is 51.0. The number of rotatable bonds is 17. The zero-order chi connectivity index (χ0) is 38.7. The fourth-order valence-electron chi connectivity index (χ4n) is 1.47. The van der Waals surface area contributed by atoms with Crippen molar-refractivity contribution < 1.29 is 112 Å². The van der Waals surface area contributed by atoms with Crippen LogP contribution < -0.4 is 0 Å². The Morgan fingerprint density at radius 1 is 0.383 bits per heavy atom. The smallest absolute Gasteiger partial charge is 0.304 e. The fourth-order valence-corrected chi connectivity index (χ4v) is 1.63. The first-order valence-corrected chi connectivity index (χ1v) is 14.0. The number of carboxylic acid groups (broad SMARTS) is 1. The van der Waals surface area contributed by atoms with Crippen molar-refractivity contribution in [3.63, 3.8) is 0 Å². The molecule has 0 saturated heterocycles. The predicted octanol–water partition coefficient (Wildman–Crippen LogP) is -10.8. The lowest BCUT2D eigenvalue weighted by molar-refractivity contribution is -0.136. The van der Waals surface area contributed by atoms with Crippen LogP contribution in [0.3, 0.4) is 0 Å². The summed E-state index contributed by atoms with van der Waals surface area (Å²) in [5.74, 6) is -0.789. The Balaban J connectivity index is -0.000000107. The zero-order valence-electron chi connectivity index (χ0n) is 25.9. The molecular weight excluding hydrogens is 672 g/mol. The van der Waals surface area contributed by atoms with Gasteiger partial charge >= 0.3 is 5.97 Å². The fraction of sp³-hybridized carbons (Fsp3) is 0.958. The topological polar surface area (TPSA) is 442 Å². The number of aliphatic carboxylic acids is 1. The van der Waals surface area contributed by atoms with Crippen LogP contribution in [0.4, 0.5) is 0 Å². The van der Waals surface area contributed by atoms with Crippen LogP contribution in [-0.2, 0) is 4.79 Å². The molecule has 0 aromatic rings. The van der Waals surface area contributed by atoms with Gasteiger partial charge < -0.3 is 107 Å². The van der Waals surface area contributed by atoms with Crippen LogP contribution in [0.1, 0.15) is 13.3 Å². The summed E-state index contributed by atoms with van der Waals surface area (Å²) in [5, 5.41) is 174. The van der Waals surface area contributed by atoms with E-state index in [0.29, 0.717) is 0 Å². The van der Waals surface area contributed by atoms with E-state index in [1.54, 1.807) is 6.92 Å². The highest BCUT2D eigenvalue weighted by atomic mass is 32.1. The van der Waals surface area contributed by atoms with Gasteiger partial charge in [-0.15, -0.1) is 0 Å².